The van der Waals surface area contributed by atoms with Crippen molar-refractivity contribution in [1.29, 1.82) is 0 Å². The molecule has 1 unspecified atom stereocenters. The van der Waals surface area contributed by atoms with Gasteiger partial charge in [0.25, 0.3) is 0 Å². The Bertz CT molecular complexity index is 616. The molecule has 0 bridgehead atoms. The van der Waals surface area contributed by atoms with Gasteiger partial charge in [0.05, 0.1) is 11.7 Å². The fourth-order valence-electron chi connectivity index (χ4n) is 2.42. The largest absolute Gasteiger partial charge is 0.339 e. The summed E-state index contributed by atoms with van der Waals surface area (Å²) in [5.74, 6) is 2.10. The summed E-state index contributed by atoms with van der Waals surface area (Å²) in [5, 5.41) is 3.94. The summed E-state index contributed by atoms with van der Waals surface area (Å²) < 4.78 is 5.28. The number of rotatable bonds is 5. The highest BCUT2D eigenvalue weighted by molar-refractivity contribution is 7.97. The molecule has 3 heterocycles. The van der Waals surface area contributed by atoms with Crippen LogP contribution >= 0.6 is 11.8 Å². The molecule has 7 heteroatoms. The number of hydrogen-bond acceptors (Lipinski definition) is 6. The van der Waals surface area contributed by atoms with Crippen LogP contribution < -0.4 is 0 Å². The van der Waals surface area contributed by atoms with E-state index in [0.29, 0.717) is 31.2 Å². The fourth-order valence-corrected chi connectivity index (χ4v) is 2.80. The number of hydrogen-bond donors (Lipinski definition) is 0. The Morgan fingerprint density at radius 1 is 1.52 bits per heavy atom. The van der Waals surface area contributed by atoms with E-state index in [4.69, 9.17) is 4.52 Å². The third-order valence-corrected chi connectivity index (χ3v) is 3.96. The number of likely N-dealkylation sites (tertiary alicyclic amines) is 1. The number of amides is 1. The highest BCUT2D eigenvalue weighted by atomic mass is 32.2. The first-order valence-electron chi connectivity index (χ1n) is 6.74. The van der Waals surface area contributed by atoms with E-state index in [-0.39, 0.29) is 11.8 Å². The number of thioether (sulfide) groups is 1. The quantitative estimate of drug-likeness (QED) is 0.839. The SMILES string of the molecule is CSCc1noc(C2CC(=O)N(Cc3cccnc3)C2)n1. The minimum atomic E-state index is -0.00252. The molecule has 1 fully saturated rings. The van der Waals surface area contributed by atoms with Gasteiger partial charge in [-0.05, 0) is 17.9 Å². The van der Waals surface area contributed by atoms with Crippen LogP contribution in [0.1, 0.15) is 29.6 Å². The van der Waals surface area contributed by atoms with Gasteiger partial charge in [-0.2, -0.15) is 16.7 Å². The topological polar surface area (TPSA) is 72.1 Å². The summed E-state index contributed by atoms with van der Waals surface area (Å²) in [4.78, 5) is 22.4. The summed E-state index contributed by atoms with van der Waals surface area (Å²) in [5.41, 5.74) is 1.03. The van der Waals surface area contributed by atoms with Crippen LogP contribution in [0.4, 0.5) is 0 Å². The molecular weight excluding hydrogens is 288 g/mol. The van der Waals surface area contributed by atoms with Gasteiger partial charge in [0.2, 0.25) is 11.8 Å². The minimum absolute atomic E-state index is 0.00252. The fraction of sp³-hybridized carbons (Fsp3) is 0.429. The Morgan fingerprint density at radius 3 is 3.19 bits per heavy atom. The first-order chi connectivity index (χ1) is 10.3. The number of carbonyl (C=O) groups is 1. The summed E-state index contributed by atoms with van der Waals surface area (Å²) in [6.07, 6.45) is 5.93. The minimum Gasteiger partial charge on any atom is -0.339 e. The molecule has 1 amide bonds. The van der Waals surface area contributed by atoms with Gasteiger partial charge in [-0.25, -0.2) is 0 Å². The molecule has 0 aliphatic carbocycles. The molecule has 1 saturated heterocycles. The summed E-state index contributed by atoms with van der Waals surface area (Å²) in [7, 11) is 0. The lowest BCUT2D eigenvalue weighted by molar-refractivity contribution is -0.128. The average molecular weight is 304 g/mol. The second kappa shape index (κ2) is 6.26. The van der Waals surface area contributed by atoms with Crippen LogP contribution in [-0.2, 0) is 17.1 Å². The Morgan fingerprint density at radius 2 is 2.43 bits per heavy atom. The van der Waals surface area contributed by atoms with Crippen molar-refractivity contribution in [2.45, 2.75) is 24.6 Å². The maximum absolute atomic E-state index is 12.1. The van der Waals surface area contributed by atoms with Gasteiger partial charge in [0.15, 0.2) is 5.82 Å². The third-order valence-electron chi connectivity index (χ3n) is 3.42. The Balaban J connectivity index is 1.66. The second-order valence-electron chi connectivity index (χ2n) is 5.02. The number of carbonyl (C=O) groups excluding carboxylic acids is 1. The molecule has 1 aliphatic heterocycles. The van der Waals surface area contributed by atoms with Gasteiger partial charge < -0.3 is 9.42 Å². The lowest BCUT2D eigenvalue weighted by Gasteiger charge is -2.15. The van der Waals surface area contributed by atoms with Crippen LogP contribution in [0.15, 0.2) is 29.0 Å². The van der Waals surface area contributed by atoms with Crippen LogP contribution in [0.25, 0.3) is 0 Å². The summed E-state index contributed by atoms with van der Waals surface area (Å²) >= 11 is 1.64. The molecule has 6 nitrogen and oxygen atoms in total. The maximum Gasteiger partial charge on any atom is 0.232 e. The highest BCUT2D eigenvalue weighted by Crippen LogP contribution is 2.28. The lowest BCUT2D eigenvalue weighted by Crippen LogP contribution is -2.24. The zero-order valence-corrected chi connectivity index (χ0v) is 12.5. The van der Waals surface area contributed by atoms with E-state index in [2.05, 4.69) is 15.1 Å². The molecule has 0 aromatic carbocycles. The molecule has 0 saturated carbocycles. The highest BCUT2D eigenvalue weighted by Gasteiger charge is 2.34. The van der Waals surface area contributed by atoms with Crippen LogP contribution in [0.5, 0.6) is 0 Å². The van der Waals surface area contributed by atoms with Gasteiger partial charge >= 0.3 is 0 Å². The van der Waals surface area contributed by atoms with Gasteiger partial charge in [0.1, 0.15) is 0 Å². The van der Waals surface area contributed by atoms with E-state index < -0.39 is 0 Å². The molecule has 0 radical (unpaired) electrons. The zero-order chi connectivity index (χ0) is 14.7. The molecule has 0 spiro atoms. The first kappa shape index (κ1) is 14.1. The van der Waals surface area contributed by atoms with Crippen LogP contribution in [0, 0.1) is 0 Å². The van der Waals surface area contributed by atoms with Crippen LogP contribution in [0.2, 0.25) is 0 Å². The first-order valence-corrected chi connectivity index (χ1v) is 8.13. The van der Waals surface area contributed by atoms with E-state index in [1.165, 1.54) is 0 Å². The van der Waals surface area contributed by atoms with E-state index in [1.54, 1.807) is 24.2 Å². The monoisotopic (exact) mass is 304 g/mol. The van der Waals surface area contributed by atoms with E-state index in [1.807, 2.05) is 23.3 Å². The molecule has 3 rings (SSSR count). The lowest BCUT2D eigenvalue weighted by atomic mass is 10.1. The molecule has 110 valence electrons. The Kier molecular flexibility index (Phi) is 4.19. The third kappa shape index (κ3) is 3.24. The van der Waals surface area contributed by atoms with Crippen molar-refractivity contribution < 1.29 is 9.32 Å². The average Bonchev–Trinajstić information content (AvgIpc) is 3.08. The van der Waals surface area contributed by atoms with E-state index in [0.717, 1.165) is 11.3 Å². The zero-order valence-electron chi connectivity index (χ0n) is 11.7. The smallest absolute Gasteiger partial charge is 0.232 e. The predicted molar refractivity (Wildman–Crippen MR) is 78.5 cm³/mol. The van der Waals surface area contributed by atoms with Crippen LogP contribution in [-0.4, -0.2) is 38.7 Å². The van der Waals surface area contributed by atoms with Crippen LogP contribution in [0.3, 0.4) is 0 Å². The summed E-state index contributed by atoms with van der Waals surface area (Å²) in [6.45, 7) is 1.20. The molecule has 2 aromatic rings. The molecule has 1 aliphatic rings. The Hall–Kier alpha value is -1.89. The van der Waals surface area contributed by atoms with Gasteiger partial charge in [-0.1, -0.05) is 11.2 Å². The second-order valence-corrected chi connectivity index (χ2v) is 5.88. The maximum atomic E-state index is 12.1. The van der Waals surface area contributed by atoms with Gasteiger partial charge in [0, 0.05) is 31.9 Å². The van der Waals surface area contributed by atoms with Gasteiger partial charge in [-0.3, -0.25) is 9.78 Å². The van der Waals surface area contributed by atoms with Crippen molar-refractivity contribution in [1.82, 2.24) is 20.0 Å². The number of nitrogens with zero attached hydrogens (tertiary/aromatic N) is 4. The normalized spacial score (nSPS) is 18.4. The van der Waals surface area contributed by atoms with Crippen molar-refractivity contribution >= 4 is 17.7 Å². The molecule has 2 aromatic heterocycles. The molecular formula is C14H16N4O2S. The number of aromatic nitrogens is 3. The van der Waals surface area contributed by atoms with Gasteiger partial charge in [-0.15, -0.1) is 0 Å². The standard InChI is InChI=1S/C14H16N4O2S/c1-21-9-12-16-14(20-17-12)11-5-13(19)18(8-11)7-10-3-2-4-15-6-10/h2-4,6,11H,5,7-9H2,1H3. The molecule has 0 N–H and O–H groups in total. The van der Waals surface area contributed by atoms with Crippen molar-refractivity contribution in [2.75, 3.05) is 12.8 Å². The molecule has 1 atom stereocenters. The molecule has 21 heavy (non-hydrogen) atoms. The van der Waals surface area contributed by atoms with E-state index in [9.17, 15) is 4.79 Å². The summed E-state index contributed by atoms with van der Waals surface area (Å²) in [6, 6.07) is 3.84. The van der Waals surface area contributed by atoms with Crippen molar-refractivity contribution in [2.24, 2.45) is 0 Å². The van der Waals surface area contributed by atoms with E-state index >= 15 is 0 Å². The van der Waals surface area contributed by atoms with Crippen molar-refractivity contribution in [3.8, 4) is 0 Å². The number of pyridine rings is 1. The van der Waals surface area contributed by atoms with Crippen molar-refractivity contribution in [3.05, 3.63) is 41.8 Å². The van der Waals surface area contributed by atoms with Crippen molar-refractivity contribution in [3.63, 3.8) is 0 Å². The Labute approximate surface area is 126 Å². The predicted octanol–water partition coefficient (Wildman–Crippen LogP) is 1.84.